The van der Waals surface area contributed by atoms with Crippen molar-refractivity contribution in [2.45, 2.75) is 17.7 Å². The summed E-state index contributed by atoms with van der Waals surface area (Å²) < 4.78 is 24.4. The van der Waals surface area contributed by atoms with Gasteiger partial charge < -0.3 is 5.32 Å². The molecule has 0 aliphatic rings. The van der Waals surface area contributed by atoms with Gasteiger partial charge in [0.05, 0.1) is 31.5 Å². The number of thiophene rings is 1. The highest BCUT2D eigenvalue weighted by Gasteiger charge is 2.16. The van der Waals surface area contributed by atoms with Gasteiger partial charge in [0.1, 0.15) is 0 Å². The largest absolute Gasteiger partial charge is 0.302 e. The number of nitro groups is 1. The molecule has 1 N–H and O–H groups in total. The molecule has 0 radical (unpaired) electrons. The molecule has 3 rings (SSSR count). The summed E-state index contributed by atoms with van der Waals surface area (Å²) >= 11 is 2.40. The Morgan fingerprint density at radius 2 is 1.93 bits per heavy atom. The topological polar surface area (TPSA) is 119 Å². The first-order valence-corrected chi connectivity index (χ1v) is 11.5. The number of anilines is 1. The minimum absolute atomic E-state index is 0.00166. The number of carbonyl (C=O) groups excluding carboxylic acids is 1. The van der Waals surface area contributed by atoms with E-state index in [-0.39, 0.29) is 35.1 Å². The van der Waals surface area contributed by atoms with E-state index in [1.807, 2.05) is 0 Å². The molecule has 8 nitrogen and oxygen atoms in total. The van der Waals surface area contributed by atoms with Gasteiger partial charge in [0.25, 0.3) is 5.69 Å². The Balaban J connectivity index is 1.53. The van der Waals surface area contributed by atoms with Gasteiger partial charge in [-0.1, -0.05) is 18.2 Å². The minimum atomic E-state index is -3.41. The molecule has 2 heterocycles. The van der Waals surface area contributed by atoms with Gasteiger partial charge >= 0.3 is 0 Å². The second kappa shape index (κ2) is 8.59. The Kier molecular flexibility index (Phi) is 6.17. The van der Waals surface area contributed by atoms with Crippen molar-refractivity contribution in [1.29, 1.82) is 0 Å². The zero-order valence-electron chi connectivity index (χ0n) is 14.4. The third kappa shape index (κ3) is 5.00. The summed E-state index contributed by atoms with van der Waals surface area (Å²) in [6.07, 6.45) is 0.240. The van der Waals surface area contributed by atoms with E-state index in [4.69, 9.17) is 0 Å². The molecule has 0 aliphatic carbocycles. The molecule has 3 aromatic rings. The highest BCUT2D eigenvalue weighted by Crippen LogP contribution is 2.32. The van der Waals surface area contributed by atoms with Crippen LogP contribution < -0.4 is 5.32 Å². The van der Waals surface area contributed by atoms with Crippen molar-refractivity contribution in [1.82, 2.24) is 4.98 Å². The van der Waals surface area contributed by atoms with Crippen LogP contribution in [0, 0.1) is 10.1 Å². The molecule has 0 unspecified atom stereocenters. The van der Waals surface area contributed by atoms with Crippen molar-refractivity contribution in [2.24, 2.45) is 0 Å². The van der Waals surface area contributed by atoms with Crippen molar-refractivity contribution < 1.29 is 18.1 Å². The van der Waals surface area contributed by atoms with Gasteiger partial charge in [-0.15, -0.1) is 22.7 Å². The zero-order valence-corrected chi connectivity index (χ0v) is 16.9. The average molecular weight is 438 g/mol. The molecular weight excluding hydrogens is 422 g/mol. The third-order valence-electron chi connectivity index (χ3n) is 3.72. The van der Waals surface area contributed by atoms with Crippen molar-refractivity contribution in [2.75, 3.05) is 11.1 Å². The van der Waals surface area contributed by atoms with Gasteiger partial charge in [-0.3, -0.25) is 14.9 Å². The summed E-state index contributed by atoms with van der Waals surface area (Å²) in [6, 6.07) is 9.54. The second-order valence-electron chi connectivity index (χ2n) is 5.75. The van der Waals surface area contributed by atoms with Crippen LogP contribution >= 0.6 is 22.7 Å². The maximum atomic E-state index is 12.2. The van der Waals surface area contributed by atoms with E-state index in [1.54, 1.807) is 23.6 Å². The number of amides is 1. The third-order valence-corrected chi connectivity index (χ3v) is 7.23. The normalized spacial score (nSPS) is 11.3. The lowest BCUT2D eigenvalue weighted by Gasteiger charge is -2.04. The number of carbonyl (C=O) groups is 1. The number of rotatable bonds is 8. The fourth-order valence-electron chi connectivity index (χ4n) is 2.35. The van der Waals surface area contributed by atoms with Crippen LogP contribution in [0.25, 0.3) is 10.6 Å². The van der Waals surface area contributed by atoms with Gasteiger partial charge in [0, 0.05) is 17.9 Å². The molecule has 1 amide bonds. The molecule has 0 aliphatic heterocycles. The molecule has 0 fully saturated rings. The average Bonchev–Trinajstić information content (AvgIpc) is 3.31. The SMILES string of the molecule is O=C(CCCS(=O)(=O)c1ccccc1)Nc1nc(-c2cc([N+](=O)[O-])cs2)cs1. The fraction of sp³-hybridized carbons (Fsp3) is 0.176. The van der Waals surface area contributed by atoms with Crippen LogP contribution in [0.3, 0.4) is 0 Å². The predicted octanol–water partition coefficient (Wildman–Crippen LogP) is 3.97. The summed E-state index contributed by atoms with van der Waals surface area (Å²) in [5.74, 6) is -0.451. The zero-order chi connectivity index (χ0) is 20.1. The van der Waals surface area contributed by atoms with E-state index in [1.165, 1.54) is 46.3 Å². The van der Waals surface area contributed by atoms with Gasteiger partial charge in [0.2, 0.25) is 5.91 Å². The predicted molar refractivity (Wildman–Crippen MR) is 108 cm³/mol. The lowest BCUT2D eigenvalue weighted by atomic mass is 10.3. The first-order valence-electron chi connectivity index (χ1n) is 8.11. The van der Waals surface area contributed by atoms with Crippen molar-refractivity contribution >= 4 is 49.2 Å². The molecule has 0 saturated heterocycles. The van der Waals surface area contributed by atoms with Crippen LogP contribution in [0.5, 0.6) is 0 Å². The van der Waals surface area contributed by atoms with Crippen LogP contribution in [0.1, 0.15) is 12.8 Å². The fourth-order valence-corrected chi connectivity index (χ4v) is 5.30. The summed E-state index contributed by atoms with van der Waals surface area (Å²) in [5, 5.41) is 16.9. The molecule has 0 spiro atoms. The first kappa shape index (κ1) is 20.1. The van der Waals surface area contributed by atoms with Crippen LogP contribution in [-0.4, -0.2) is 30.0 Å². The van der Waals surface area contributed by atoms with Crippen LogP contribution in [0.15, 0.2) is 52.1 Å². The molecule has 28 heavy (non-hydrogen) atoms. The number of hydrogen-bond donors (Lipinski definition) is 1. The van der Waals surface area contributed by atoms with Crippen LogP contribution in [0.4, 0.5) is 10.8 Å². The monoisotopic (exact) mass is 437 g/mol. The highest BCUT2D eigenvalue weighted by molar-refractivity contribution is 7.91. The van der Waals surface area contributed by atoms with E-state index in [0.29, 0.717) is 15.7 Å². The van der Waals surface area contributed by atoms with Crippen LogP contribution in [0.2, 0.25) is 0 Å². The lowest BCUT2D eigenvalue weighted by molar-refractivity contribution is -0.384. The summed E-state index contributed by atoms with van der Waals surface area (Å²) in [7, 11) is -3.41. The van der Waals surface area contributed by atoms with E-state index in [9.17, 15) is 23.3 Å². The minimum Gasteiger partial charge on any atom is -0.302 e. The molecule has 11 heteroatoms. The number of nitrogens with one attached hydrogen (secondary N) is 1. The second-order valence-corrected chi connectivity index (χ2v) is 9.63. The van der Waals surface area contributed by atoms with E-state index >= 15 is 0 Å². The summed E-state index contributed by atoms with van der Waals surface area (Å²) in [5.41, 5.74) is 0.545. The Labute approximate surface area is 168 Å². The maximum absolute atomic E-state index is 12.2. The molecule has 1 aromatic carbocycles. The number of sulfone groups is 1. The van der Waals surface area contributed by atoms with E-state index < -0.39 is 14.8 Å². The molecular formula is C17H15N3O5S3. The number of aromatic nitrogens is 1. The van der Waals surface area contributed by atoms with Gasteiger partial charge in [-0.25, -0.2) is 13.4 Å². The van der Waals surface area contributed by atoms with E-state index in [0.717, 1.165) is 0 Å². The summed E-state index contributed by atoms with van der Waals surface area (Å²) in [6.45, 7) is 0. The van der Waals surface area contributed by atoms with Gasteiger partial charge in [-0.2, -0.15) is 0 Å². The van der Waals surface area contributed by atoms with Crippen molar-refractivity contribution in [3.63, 3.8) is 0 Å². The number of benzene rings is 1. The lowest BCUT2D eigenvalue weighted by Crippen LogP contribution is -2.14. The maximum Gasteiger partial charge on any atom is 0.280 e. The highest BCUT2D eigenvalue weighted by atomic mass is 32.2. The first-order chi connectivity index (χ1) is 13.3. The molecule has 146 valence electrons. The van der Waals surface area contributed by atoms with Crippen LogP contribution in [-0.2, 0) is 14.6 Å². The molecule has 0 saturated carbocycles. The molecule has 2 aromatic heterocycles. The standard InChI is InChI=1S/C17H15N3O5S3/c21-16(7-4-8-28(24,25)13-5-2-1-3-6-13)19-17-18-14(11-27-17)15-9-12(10-26-15)20(22)23/h1-3,5-6,9-11H,4,7-8H2,(H,18,19,21). The van der Waals surface area contributed by atoms with Crippen molar-refractivity contribution in [3.05, 3.63) is 57.3 Å². The van der Waals surface area contributed by atoms with E-state index in [2.05, 4.69) is 10.3 Å². The Hall–Kier alpha value is -2.63. The molecule has 0 atom stereocenters. The molecule has 0 bridgehead atoms. The Bertz CT molecular complexity index is 1090. The quantitative estimate of drug-likeness (QED) is 0.421. The number of hydrogen-bond acceptors (Lipinski definition) is 8. The van der Waals surface area contributed by atoms with Gasteiger partial charge in [-0.05, 0) is 18.6 Å². The number of nitrogens with zero attached hydrogens (tertiary/aromatic N) is 2. The smallest absolute Gasteiger partial charge is 0.280 e. The number of thiazole rings is 1. The van der Waals surface area contributed by atoms with Gasteiger partial charge in [0.15, 0.2) is 15.0 Å². The summed E-state index contributed by atoms with van der Waals surface area (Å²) in [4.78, 5) is 27.5. The van der Waals surface area contributed by atoms with Crippen molar-refractivity contribution in [3.8, 4) is 10.6 Å². The Morgan fingerprint density at radius 3 is 2.61 bits per heavy atom. The Morgan fingerprint density at radius 1 is 1.18 bits per heavy atom.